The maximum absolute atomic E-state index is 12.4. The quantitative estimate of drug-likeness (QED) is 0.753. The first-order valence-electron chi connectivity index (χ1n) is 8.30. The number of thiophene rings is 1. The number of amides is 1. The molecule has 2 rings (SSSR count). The third-order valence-electron chi connectivity index (χ3n) is 4.55. The highest BCUT2D eigenvalue weighted by molar-refractivity contribution is 7.18. The smallest absolute Gasteiger partial charge is 0.348 e. The first-order chi connectivity index (χ1) is 11.9. The molecule has 0 radical (unpaired) electrons. The number of nitrogens with one attached hydrogen (secondary N) is 2. The molecule has 25 heavy (non-hydrogen) atoms. The van der Waals surface area contributed by atoms with E-state index in [1.807, 2.05) is 0 Å². The van der Waals surface area contributed by atoms with Gasteiger partial charge in [0.1, 0.15) is 9.88 Å². The van der Waals surface area contributed by atoms with Crippen molar-refractivity contribution in [2.75, 3.05) is 39.2 Å². The molecule has 0 aromatic carbocycles. The Morgan fingerprint density at radius 1 is 1.16 bits per heavy atom. The van der Waals surface area contributed by atoms with Crippen LogP contribution in [0.5, 0.6) is 0 Å². The first kappa shape index (κ1) is 19.4. The Morgan fingerprint density at radius 3 is 2.32 bits per heavy atom. The monoisotopic (exact) mass is 369 g/mol. The lowest BCUT2D eigenvalue weighted by atomic mass is 9.99. The van der Waals surface area contributed by atoms with Crippen LogP contribution in [0.3, 0.4) is 0 Å². The first-order valence-corrected chi connectivity index (χ1v) is 9.12. The van der Waals surface area contributed by atoms with Gasteiger partial charge in [0.2, 0.25) is 0 Å². The Labute approximate surface area is 151 Å². The molecule has 1 aromatic rings. The van der Waals surface area contributed by atoms with Crippen LogP contribution in [0.1, 0.15) is 45.4 Å². The largest absolute Gasteiger partial charge is 0.465 e. The molecular weight excluding hydrogens is 344 g/mol. The van der Waals surface area contributed by atoms with E-state index in [2.05, 4.69) is 12.2 Å². The van der Waals surface area contributed by atoms with Crippen LogP contribution in [0.2, 0.25) is 0 Å². The van der Waals surface area contributed by atoms with Gasteiger partial charge in [-0.05, 0) is 31.2 Å². The molecule has 0 unspecified atom stereocenters. The van der Waals surface area contributed by atoms with Gasteiger partial charge in [0, 0.05) is 0 Å². The van der Waals surface area contributed by atoms with E-state index in [1.54, 1.807) is 6.92 Å². The minimum absolute atomic E-state index is 0.174. The van der Waals surface area contributed by atoms with Crippen LogP contribution in [0.25, 0.3) is 0 Å². The zero-order chi connectivity index (χ0) is 18.6. The summed E-state index contributed by atoms with van der Waals surface area (Å²) in [4.78, 5) is 37.8. The summed E-state index contributed by atoms with van der Waals surface area (Å²) in [5, 5.41) is 3.11. The van der Waals surface area contributed by atoms with Crippen molar-refractivity contribution in [2.45, 2.75) is 26.7 Å². The van der Waals surface area contributed by atoms with E-state index in [1.165, 1.54) is 19.1 Å². The number of quaternary nitrogens is 1. The number of piperidine rings is 1. The molecule has 0 saturated carbocycles. The normalized spacial score (nSPS) is 20.0. The highest BCUT2D eigenvalue weighted by Crippen LogP contribution is 2.34. The fourth-order valence-corrected chi connectivity index (χ4v) is 4.11. The molecule has 1 saturated heterocycles. The second kappa shape index (κ2) is 8.44. The van der Waals surface area contributed by atoms with Crippen LogP contribution in [0.15, 0.2) is 0 Å². The zero-order valence-electron chi connectivity index (χ0n) is 15.1. The molecule has 2 heterocycles. The van der Waals surface area contributed by atoms with E-state index in [9.17, 15) is 14.4 Å². The molecule has 2 N–H and O–H groups in total. The second-order valence-electron chi connectivity index (χ2n) is 6.40. The van der Waals surface area contributed by atoms with Gasteiger partial charge in [-0.15, -0.1) is 11.3 Å². The number of carbonyl (C=O) groups is 3. The summed E-state index contributed by atoms with van der Waals surface area (Å²) in [6.07, 6.45) is 2.22. The summed E-state index contributed by atoms with van der Waals surface area (Å²) in [6, 6.07) is 0. The molecule has 1 amide bonds. The number of likely N-dealkylation sites (tertiary alicyclic amines) is 1. The van der Waals surface area contributed by atoms with Gasteiger partial charge in [0.25, 0.3) is 5.91 Å². The number of hydrogen-bond donors (Lipinski definition) is 2. The van der Waals surface area contributed by atoms with E-state index < -0.39 is 11.9 Å². The Bertz CT molecular complexity index is 662. The lowest BCUT2D eigenvalue weighted by molar-refractivity contribution is -0.897. The number of carbonyl (C=O) groups excluding carboxylic acids is 3. The standard InChI is InChI=1S/C17H24N2O5S/c1-10-5-7-19(8-6-10)9-12(20)18-15-13(16(21)23-3)11(2)14(25-15)17(22)24-4/h10H,5-9H2,1-4H3,(H,18,20)/p+1. The molecule has 0 aliphatic carbocycles. The summed E-state index contributed by atoms with van der Waals surface area (Å²) in [5.74, 6) is -0.588. The summed E-state index contributed by atoms with van der Waals surface area (Å²) in [5.41, 5.74) is 0.668. The van der Waals surface area contributed by atoms with Gasteiger partial charge in [-0.1, -0.05) is 6.92 Å². The molecule has 0 spiro atoms. The SMILES string of the molecule is COC(=O)c1sc(NC(=O)C[NH+]2CCC(C)CC2)c(C(=O)OC)c1C. The van der Waals surface area contributed by atoms with Crippen molar-refractivity contribution >= 4 is 34.2 Å². The zero-order valence-corrected chi connectivity index (χ0v) is 15.9. The number of hydrogen-bond acceptors (Lipinski definition) is 6. The van der Waals surface area contributed by atoms with Crippen molar-refractivity contribution in [3.8, 4) is 0 Å². The van der Waals surface area contributed by atoms with Crippen molar-refractivity contribution in [3.63, 3.8) is 0 Å². The van der Waals surface area contributed by atoms with E-state index in [0.29, 0.717) is 23.0 Å². The number of ether oxygens (including phenoxy) is 2. The Hall–Kier alpha value is -1.93. The summed E-state index contributed by atoms with van der Waals surface area (Å²) >= 11 is 1.04. The molecule has 138 valence electrons. The van der Waals surface area contributed by atoms with E-state index in [4.69, 9.17) is 9.47 Å². The lowest BCUT2D eigenvalue weighted by Crippen LogP contribution is -3.14. The number of anilines is 1. The van der Waals surface area contributed by atoms with Crippen molar-refractivity contribution in [2.24, 2.45) is 5.92 Å². The summed E-state index contributed by atoms with van der Waals surface area (Å²) in [7, 11) is 2.54. The van der Waals surface area contributed by atoms with Gasteiger partial charge >= 0.3 is 11.9 Å². The van der Waals surface area contributed by atoms with Crippen molar-refractivity contribution < 1.29 is 28.8 Å². The number of esters is 2. The Kier molecular flexibility index (Phi) is 6.55. The lowest BCUT2D eigenvalue weighted by Gasteiger charge is -2.26. The van der Waals surface area contributed by atoms with Gasteiger partial charge in [0.05, 0.1) is 32.9 Å². The molecule has 8 heteroatoms. The van der Waals surface area contributed by atoms with Crippen molar-refractivity contribution in [1.82, 2.24) is 0 Å². The highest BCUT2D eigenvalue weighted by Gasteiger charge is 2.28. The summed E-state index contributed by atoms with van der Waals surface area (Å²) < 4.78 is 9.52. The van der Waals surface area contributed by atoms with Gasteiger partial charge in [-0.3, -0.25) is 4.79 Å². The predicted molar refractivity (Wildman–Crippen MR) is 94.3 cm³/mol. The average molecular weight is 369 g/mol. The molecule has 1 aromatic heterocycles. The molecule has 7 nitrogen and oxygen atoms in total. The molecular formula is C17H25N2O5S+. The maximum atomic E-state index is 12.4. The second-order valence-corrected chi connectivity index (χ2v) is 7.42. The molecule has 0 bridgehead atoms. The third kappa shape index (κ3) is 4.58. The highest BCUT2D eigenvalue weighted by atomic mass is 32.1. The van der Waals surface area contributed by atoms with Crippen LogP contribution in [-0.2, 0) is 14.3 Å². The van der Waals surface area contributed by atoms with Crippen molar-refractivity contribution in [3.05, 3.63) is 16.0 Å². The number of rotatable bonds is 5. The maximum Gasteiger partial charge on any atom is 0.348 e. The minimum atomic E-state index is -0.585. The van der Waals surface area contributed by atoms with Crippen LogP contribution >= 0.6 is 11.3 Å². The van der Waals surface area contributed by atoms with Crippen molar-refractivity contribution in [1.29, 1.82) is 0 Å². The molecule has 1 aliphatic heterocycles. The van der Waals surface area contributed by atoms with E-state index in [0.717, 1.165) is 37.3 Å². The third-order valence-corrected chi connectivity index (χ3v) is 5.74. The van der Waals surface area contributed by atoms with Gasteiger partial charge < -0.3 is 19.7 Å². The predicted octanol–water partition coefficient (Wildman–Crippen LogP) is 0.883. The molecule has 1 fully saturated rings. The minimum Gasteiger partial charge on any atom is -0.465 e. The number of methoxy groups -OCH3 is 2. The Balaban J connectivity index is 2.15. The van der Waals surface area contributed by atoms with Gasteiger partial charge in [0.15, 0.2) is 6.54 Å². The van der Waals surface area contributed by atoms with Crippen LogP contribution < -0.4 is 10.2 Å². The molecule has 0 atom stereocenters. The fourth-order valence-electron chi connectivity index (χ4n) is 2.98. The van der Waals surface area contributed by atoms with Crippen LogP contribution in [0, 0.1) is 12.8 Å². The van der Waals surface area contributed by atoms with Crippen LogP contribution in [0.4, 0.5) is 5.00 Å². The Morgan fingerprint density at radius 2 is 1.76 bits per heavy atom. The molecule has 1 aliphatic rings. The average Bonchev–Trinajstić information content (AvgIpc) is 2.91. The fraction of sp³-hybridized carbons (Fsp3) is 0.588. The van der Waals surface area contributed by atoms with Crippen LogP contribution in [-0.4, -0.2) is 51.7 Å². The topological polar surface area (TPSA) is 86.1 Å². The van der Waals surface area contributed by atoms with Gasteiger partial charge in [-0.25, -0.2) is 9.59 Å². The van der Waals surface area contributed by atoms with E-state index in [-0.39, 0.29) is 16.3 Å². The van der Waals surface area contributed by atoms with E-state index >= 15 is 0 Å². The van der Waals surface area contributed by atoms with Gasteiger partial charge in [-0.2, -0.15) is 0 Å². The summed E-state index contributed by atoms with van der Waals surface area (Å²) in [6.45, 7) is 6.15.